The van der Waals surface area contributed by atoms with Crippen molar-refractivity contribution in [2.24, 2.45) is 5.92 Å². The van der Waals surface area contributed by atoms with Crippen LogP contribution in [-0.2, 0) is 11.3 Å². The maximum Gasteiger partial charge on any atom is 0.239 e. The van der Waals surface area contributed by atoms with Gasteiger partial charge in [0.2, 0.25) is 5.91 Å². The maximum absolute atomic E-state index is 12.1. The van der Waals surface area contributed by atoms with Gasteiger partial charge in [0.25, 0.3) is 0 Å². The summed E-state index contributed by atoms with van der Waals surface area (Å²) < 4.78 is 1.96. The van der Waals surface area contributed by atoms with Gasteiger partial charge in [0.05, 0.1) is 0 Å². The van der Waals surface area contributed by atoms with Crippen LogP contribution in [0.2, 0.25) is 0 Å². The van der Waals surface area contributed by atoms with Crippen LogP contribution in [0, 0.1) is 5.92 Å². The highest BCUT2D eigenvalue weighted by atomic mass is 16.3. The van der Waals surface area contributed by atoms with E-state index in [0.717, 1.165) is 30.2 Å². The number of hydrogen-bond donors (Lipinski definition) is 2. The van der Waals surface area contributed by atoms with Gasteiger partial charge in [0, 0.05) is 24.9 Å². The molecule has 1 heterocycles. The third kappa shape index (κ3) is 4.33. The molecule has 0 aliphatic heterocycles. The predicted molar refractivity (Wildman–Crippen MR) is 85.0 cm³/mol. The highest BCUT2D eigenvalue weighted by molar-refractivity contribution is 5.83. The van der Waals surface area contributed by atoms with Gasteiger partial charge in [-0.15, -0.1) is 0 Å². The van der Waals surface area contributed by atoms with Crippen LogP contribution in [0.4, 0.5) is 0 Å². The van der Waals surface area contributed by atoms with E-state index < -0.39 is 0 Å². The molecular weight excluding hydrogens is 264 g/mol. The molecule has 1 unspecified atom stereocenters. The molecular formula is C17H24N2O2. The lowest BCUT2D eigenvalue weighted by Crippen LogP contribution is -2.32. The van der Waals surface area contributed by atoms with Gasteiger partial charge in [-0.2, -0.15) is 0 Å². The molecule has 21 heavy (non-hydrogen) atoms. The van der Waals surface area contributed by atoms with E-state index >= 15 is 0 Å². The monoisotopic (exact) mass is 288 g/mol. The molecule has 114 valence electrons. The zero-order chi connectivity index (χ0) is 15.1. The van der Waals surface area contributed by atoms with Gasteiger partial charge in [0.1, 0.15) is 6.54 Å². The van der Waals surface area contributed by atoms with Gasteiger partial charge in [-0.1, -0.05) is 31.5 Å². The van der Waals surface area contributed by atoms with E-state index in [1.165, 1.54) is 0 Å². The van der Waals surface area contributed by atoms with E-state index in [1.54, 1.807) is 0 Å². The van der Waals surface area contributed by atoms with Crippen molar-refractivity contribution in [1.29, 1.82) is 0 Å². The Morgan fingerprint density at radius 1 is 1.29 bits per heavy atom. The number of para-hydroxylation sites is 1. The van der Waals surface area contributed by atoms with Crippen molar-refractivity contribution in [3.05, 3.63) is 36.5 Å². The van der Waals surface area contributed by atoms with Gasteiger partial charge in [-0.05, 0) is 36.3 Å². The van der Waals surface area contributed by atoms with Gasteiger partial charge in [0.15, 0.2) is 0 Å². The third-order valence-corrected chi connectivity index (χ3v) is 3.82. The Hall–Kier alpha value is -1.81. The lowest BCUT2D eigenvalue weighted by molar-refractivity contribution is -0.121. The quantitative estimate of drug-likeness (QED) is 0.784. The summed E-state index contributed by atoms with van der Waals surface area (Å²) in [6, 6.07) is 10.1. The van der Waals surface area contributed by atoms with E-state index in [-0.39, 0.29) is 12.5 Å². The molecule has 0 aliphatic carbocycles. The lowest BCUT2D eigenvalue weighted by atomic mass is 10.0. The Morgan fingerprint density at radius 3 is 2.86 bits per heavy atom. The van der Waals surface area contributed by atoms with Crippen molar-refractivity contribution in [3.63, 3.8) is 0 Å². The normalized spacial score (nSPS) is 12.5. The molecule has 0 aliphatic rings. The molecule has 1 aromatic heterocycles. The molecule has 1 amide bonds. The zero-order valence-electron chi connectivity index (χ0n) is 12.6. The number of hydrogen-bond acceptors (Lipinski definition) is 2. The number of aromatic nitrogens is 1. The third-order valence-electron chi connectivity index (χ3n) is 3.82. The van der Waals surface area contributed by atoms with Crippen molar-refractivity contribution < 1.29 is 9.90 Å². The van der Waals surface area contributed by atoms with Gasteiger partial charge in [-0.3, -0.25) is 4.79 Å². The minimum absolute atomic E-state index is 0.0235. The molecule has 2 rings (SSSR count). The van der Waals surface area contributed by atoms with E-state index in [4.69, 9.17) is 5.11 Å². The van der Waals surface area contributed by atoms with Crippen molar-refractivity contribution in [3.8, 4) is 0 Å². The number of carbonyl (C=O) groups is 1. The van der Waals surface area contributed by atoms with Crippen LogP contribution in [0.5, 0.6) is 0 Å². The molecule has 4 heteroatoms. The topological polar surface area (TPSA) is 54.3 Å². The molecule has 0 saturated heterocycles. The smallest absolute Gasteiger partial charge is 0.239 e. The molecule has 0 bridgehead atoms. The molecule has 1 atom stereocenters. The Balaban J connectivity index is 1.89. The summed E-state index contributed by atoms with van der Waals surface area (Å²) in [5, 5.41) is 13.2. The summed E-state index contributed by atoms with van der Waals surface area (Å²) in [6.45, 7) is 3.29. The Morgan fingerprint density at radius 2 is 2.10 bits per heavy atom. The fourth-order valence-electron chi connectivity index (χ4n) is 2.69. The number of rotatable bonds is 8. The van der Waals surface area contributed by atoms with Crippen LogP contribution in [0.1, 0.15) is 26.2 Å². The molecule has 2 N–H and O–H groups in total. The van der Waals surface area contributed by atoms with E-state index in [0.29, 0.717) is 19.0 Å². The average molecular weight is 288 g/mol. The summed E-state index contributed by atoms with van der Waals surface area (Å²) in [6.07, 6.45) is 4.80. The number of aliphatic hydroxyl groups excluding tert-OH is 1. The predicted octanol–water partition coefficient (Wildman–Crippen LogP) is 2.56. The van der Waals surface area contributed by atoms with E-state index in [2.05, 4.69) is 12.2 Å². The van der Waals surface area contributed by atoms with Crippen LogP contribution >= 0.6 is 0 Å². The lowest BCUT2D eigenvalue weighted by Gasteiger charge is -2.16. The van der Waals surface area contributed by atoms with Crippen LogP contribution in [0.15, 0.2) is 36.5 Å². The van der Waals surface area contributed by atoms with Gasteiger partial charge in [-0.25, -0.2) is 0 Å². The van der Waals surface area contributed by atoms with Crippen LogP contribution in [0.3, 0.4) is 0 Å². The highest BCUT2D eigenvalue weighted by Gasteiger charge is 2.10. The number of aliphatic hydroxyl groups is 1. The van der Waals surface area contributed by atoms with Crippen LogP contribution in [0.25, 0.3) is 10.9 Å². The van der Waals surface area contributed by atoms with Crippen molar-refractivity contribution in [2.45, 2.75) is 32.7 Å². The maximum atomic E-state index is 12.1. The van der Waals surface area contributed by atoms with E-state index in [9.17, 15) is 4.79 Å². The minimum atomic E-state index is 0.0235. The first-order valence-electron chi connectivity index (χ1n) is 7.66. The van der Waals surface area contributed by atoms with Crippen molar-refractivity contribution >= 4 is 16.8 Å². The molecule has 1 aromatic carbocycles. The molecule has 0 spiro atoms. The Bertz CT molecular complexity index is 571. The summed E-state index contributed by atoms with van der Waals surface area (Å²) in [4.78, 5) is 12.1. The molecule has 0 fully saturated rings. The zero-order valence-corrected chi connectivity index (χ0v) is 12.6. The number of fused-ring (bicyclic) bond motifs is 1. The van der Waals surface area contributed by atoms with Crippen molar-refractivity contribution in [2.75, 3.05) is 13.2 Å². The largest absolute Gasteiger partial charge is 0.396 e. The molecule has 2 aromatic rings. The second-order valence-electron chi connectivity index (χ2n) is 5.47. The number of nitrogens with zero attached hydrogens (tertiary/aromatic N) is 1. The standard InChI is InChI=1S/C17H24N2O2/c1-2-5-14(9-11-20)12-18-17(21)13-19-10-8-15-6-3-4-7-16(15)19/h3-4,6-8,10,14,20H,2,5,9,11-13H2,1H3,(H,18,21). The first-order valence-corrected chi connectivity index (χ1v) is 7.66. The average Bonchev–Trinajstić information content (AvgIpc) is 2.89. The summed E-state index contributed by atoms with van der Waals surface area (Å²) in [5.74, 6) is 0.390. The molecule has 0 radical (unpaired) electrons. The first-order chi connectivity index (χ1) is 10.2. The van der Waals surface area contributed by atoms with E-state index in [1.807, 2.05) is 41.1 Å². The Labute approximate surface area is 125 Å². The molecule has 0 saturated carbocycles. The number of benzene rings is 1. The minimum Gasteiger partial charge on any atom is -0.396 e. The second-order valence-corrected chi connectivity index (χ2v) is 5.47. The first kappa shape index (κ1) is 15.6. The second kappa shape index (κ2) is 7.84. The number of carbonyl (C=O) groups excluding carboxylic acids is 1. The number of amides is 1. The van der Waals surface area contributed by atoms with Gasteiger partial charge < -0.3 is 15.0 Å². The number of nitrogens with one attached hydrogen (secondary N) is 1. The molecule has 4 nitrogen and oxygen atoms in total. The summed E-state index contributed by atoms with van der Waals surface area (Å²) in [5.41, 5.74) is 1.08. The van der Waals surface area contributed by atoms with Crippen LogP contribution < -0.4 is 5.32 Å². The van der Waals surface area contributed by atoms with Gasteiger partial charge >= 0.3 is 0 Å². The fourth-order valence-corrected chi connectivity index (χ4v) is 2.69. The van der Waals surface area contributed by atoms with Crippen LogP contribution in [-0.4, -0.2) is 28.7 Å². The fraction of sp³-hybridized carbons (Fsp3) is 0.471. The highest BCUT2D eigenvalue weighted by Crippen LogP contribution is 2.15. The summed E-state index contributed by atoms with van der Waals surface area (Å²) >= 11 is 0. The summed E-state index contributed by atoms with van der Waals surface area (Å²) in [7, 11) is 0. The SMILES string of the molecule is CCCC(CCO)CNC(=O)Cn1ccc2ccccc21. The van der Waals surface area contributed by atoms with Crippen molar-refractivity contribution in [1.82, 2.24) is 9.88 Å². The Kier molecular flexibility index (Phi) is 5.81.